The van der Waals surface area contributed by atoms with Crippen LogP contribution < -0.4 is 14.9 Å². The van der Waals surface area contributed by atoms with E-state index >= 15 is 0 Å². The monoisotopic (exact) mass is 364 g/mol. The van der Waals surface area contributed by atoms with Gasteiger partial charge in [0, 0.05) is 37.7 Å². The fraction of sp³-hybridized carbons (Fsp3) is 0.353. The van der Waals surface area contributed by atoms with E-state index in [-0.39, 0.29) is 16.5 Å². The summed E-state index contributed by atoms with van der Waals surface area (Å²) >= 11 is 0. The summed E-state index contributed by atoms with van der Waals surface area (Å²) in [6.07, 6.45) is 1.41. The Balaban J connectivity index is 2.17. The van der Waals surface area contributed by atoms with E-state index in [1.807, 2.05) is 24.3 Å². The Hall–Kier alpha value is -2.32. The van der Waals surface area contributed by atoms with Crippen molar-refractivity contribution >= 4 is 27.3 Å². The largest absolute Gasteiger partial charge is 0.372 e. The van der Waals surface area contributed by atoms with Crippen molar-refractivity contribution in [2.24, 2.45) is 7.05 Å². The summed E-state index contributed by atoms with van der Waals surface area (Å²) in [7, 11) is -0.619. The Labute approximate surface area is 148 Å². The number of sulfonamides is 1. The van der Waals surface area contributed by atoms with E-state index in [9.17, 15) is 13.2 Å². The maximum Gasteiger partial charge on any atom is 0.272 e. The Morgan fingerprint density at radius 1 is 1.16 bits per heavy atom. The summed E-state index contributed by atoms with van der Waals surface area (Å²) in [5, 5.41) is 2.79. The molecular weight excluding hydrogens is 340 g/mol. The van der Waals surface area contributed by atoms with Gasteiger partial charge in [0.05, 0.1) is 0 Å². The first-order valence-corrected chi connectivity index (χ1v) is 9.57. The summed E-state index contributed by atoms with van der Waals surface area (Å²) in [4.78, 5) is 14.7. The normalized spacial score (nSPS) is 11.4. The van der Waals surface area contributed by atoms with Gasteiger partial charge in [-0.15, -0.1) is 0 Å². The molecule has 0 atom stereocenters. The summed E-state index contributed by atoms with van der Waals surface area (Å²) in [6, 6.07) is 8.92. The second-order valence-corrected chi connectivity index (χ2v) is 7.44. The predicted molar refractivity (Wildman–Crippen MR) is 99.6 cm³/mol. The van der Waals surface area contributed by atoms with E-state index in [0.29, 0.717) is 5.69 Å². The summed E-state index contributed by atoms with van der Waals surface area (Å²) in [5.74, 6) is -0.365. The van der Waals surface area contributed by atoms with Gasteiger partial charge in [0.25, 0.3) is 5.91 Å². The van der Waals surface area contributed by atoms with Crippen molar-refractivity contribution in [2.75, 3.05) is 30.4 Å². The second-order valence-electron chi connectivity index (χ2n) is 5.55. The molecule has 7 nitrogen and oxygen atoms in total. The van der Waals surface area contributed by atoms with Gasteiger partial charge in [0.2, 0.25) is 10.0 Å². The van der Waals surface area contributed by atoms with Crippen LogP contribution in [0.5, 0.6) is 0 Å². The van der Waals surface area contributed by atoms with Crippen molar-refractivity contribution in [2.45, 2.75) is 18.7 Å². The van der Waals surface area contributed by atoms with Gasteiger partial charge < -0.3 is 14.8 Å². The van der Waals surface area contributed by atoms with Gasteiger partial charge in [-0.1, -0.05) is 0 Å². The molecule has 0 saturated carbocycles. The number of anilines is 2. The quantitative estimate of drug-likeness (QED) is 0.787. The molecular formula is C17H24N4O3S. The molecule has 0 aliphatic carbocycles. The van der Waals surface area contributed by atoms with E-state index in [4.69, 9.17) is 0 Å². The van der Waals surface area contributed by atoms with Gasteiger partial charge in [-0.05, 0) is 51.2 Å². The van der Waals surface area contributed by atoms with Crippen molar-refractivity contribution in [1.82, 2.24) is 9.29 Å². The molecule has 1 aromatic heterocycles. The van der Waals surface area contributed by atoms with E-state index < -0.39 is 10.0 Å². The van der Waals surface area contributed by atoms with Gasteiger partial charge in [-0.3, -0.25) is 4.79 Å². The highest BCUT2D eigenvalue weighted by Gasteiger charge is 2.19. The molecule has 0 spiro atoms. The molecule has 2 rings (SSSR count). The SMILES string of the molecule is CCN(CC)c1ccc(NC(=O)c2cc(S(=O)(=O)NC)cn2C)cc1. The number of rotatable bonds is 7. The van der Waals surface area contributed by atoms with Crippen LogP contribution >= 0.6 is 0 Å². The molecule has 0 saturated heterocycles. The fourth-order valence-electron chi connectivity index (χ4n) is 2.56. The Bertz CT molecular complexity index is 837. The zero-order valence-corrected chi connectivity index (χ0v) is 15.7. The average Bonchev–Trinajstić information content (AvgIpc) is 3.00. The fourth-order valence-corrected chi connectivity index (χ4v) is 3.36. The number of hydrogen-bond donors (Lipinski definition) is 2. The van der Waals surface area contributed by atoms with Crippen LogP contribution in [0.15, 0.2) is 41.4 Å². The molecule has 0 bridgehead atoms. The van der Waals surface area contributed by atoms with Gasteiger partial charge in [0.15, 0.2) is 0 Å². The third-order valence-corrected chi connectivity index (χ3v) is 5.43. The Morgan fingerprint density at radius 2 is 1.76 bits per heavy atom. The lowest BCUT2D eigenvalue weighted by Crippen LogP contribution is -2.21. The van der Waals surface area contributed by atoms with Crippen molar-refractivity contribution in [1.29, 1.82) is 0 Å². The van der Waals surface area contributed by atoms with Crippen molar-refractivity contribution in [3.63, 3.8) is 0 Å². The molecule has 25 heavy (non-hydrogen) atoms. The van der Waals surface area contributed by atoms with Crippen LogP contribution in [-0.2, 0) is 17.1 Å². The van der Waals surface area contributed by atoms with Gasteiger partial charge >= 0.3 is 0 Å². The van der Waals surface area contributed by atoms with Crippen molar-refractivity contribution < 1.29 is 13.2 Å². The van der Waals surface area contributed by atoms with E-state index in [0.717, 1.165) is 18.8 Å². The van der Waals surface area contributed by atoms with Gasteiger partial charge in [0.1, 0.15) is 10.6 Å². The minimum Gasteiger partial charge on any atom is -0.372 e. The van der Waals surface area contributed by atoms with E-state index in [1.165, 1.54) is 23.9 Å². The molecule has 0 radical (unpaired) electrons. The minimum atomic E-state index is -3.58. The molecule has 8 heteroatoms. The van der Waals surface area contributed by atoms with Crippen LogP contribution in [0, 0.1) is 0 Å². The number of carbonyl (C=O) groups excluding carboxylic acids is 1. The molecule has 0 aliphatic rings. The highest BCUT2D eigenvalue weighted by atomic mass is 32.2. The van der Waals surface area contributed by atoms with E-state index in [2.05, 4.69) is 28.8 Å². The minimum absolute atomic E-state index is 0.0551. The smallest absolute Gasteiger partial charge is 0.272 e. The maximum absolute atomic E-state index is 12.4. The highest BCUT2D eigenvalue weighted by molar-refractivity contribution is 7.89. The molecule has 2 aromatic rings. The lowest BCUT2D eigenvalue weighted by molar-refractivity contribution is 0.101. The van der Waals surface area contributed by atoms with Crippen LogP contribution in [0.3, 0.4) is 0 Å². The zero-order chi connectivity index (χ0) is 18.6. The highest BCUT2D eigenvalue weighted by Crippen LogP contribution is 2.19. The summed E-state index contributed by atoms with van der Waals surface area (Å²) in [6.45, 7) is 6.00. The van der Waals surface area contributed by atoms with Crippen molar-refractivity contribution in [3.8, 4) is 0 Å². The first kappa shape index (κ1) is 19.0. The molecule has 136 valence electrons. The number of amides is 1. The van der Waals surface area contributed by atoms with Crippen LogP contribution in [0.25, 0.3) is 0 Å². The second kappa shape index (κ2) is 7.71. The Kier molecular flexibility index (Phi) is 5.86. The number of aryl methyl sites for hydroxylation is 1. The summed E-state index contributed by atoms with van der Waals surface area (Å²) < 4.78 is 27.4. The lowest BCUT2D eigenvalue weighted by atomic mass is 10.2. The van der Waals surface area contributed by atoms with Crippen molar-refractivity contribution in [3.05, 3.63) is 42.2 Å². The number of aromatic nitrogens is 1. The van der Waals surface area contributed by atoms with Crippen LogP contribution in [-0.4, -0.2) is 39.0 Å². The topological polar surface area (TPSA) is 83.4 Å². The molecule has 2 N–H and O–H groups in total. The molecule has 0 fully saturated rings. The van der Waals surface area contributed by atoms with Crippen LogP contribution in [0.4, 0.5) is 11.4 Å². The molecule has 0 aliphatic heterocycles. The molecule has 1 heterocycles. The molecule has 1 amide bonds. The summed E-state index contributed by atoms with van der Waals surface area (Å²) in [5.41, 5.74) is 2.01. The number of carbonyl (C=O) groups is 1. The maximum atomic E-state index is 12.4. The third kappa shape index (κ3) is 4.21. The molecule has 0 unspecified atom stereocenters. The standard InChI is InChI=1S/C17H24N4O3S/c1-5-21(6-2)14-9-7-13(8-10-14)19-17(22)16-11-15(12-20(16)4)25(23,24)18-3/h7-12,18H,5-6H2,1-4H3,(H,19,22). The Morgan fingerprint density at radius 3 is 2.28 bits per heavy atom. The number of nitrogens with one attached hydrogen (secondary N) is 2. The predicted octanol–water partition coefficient (Wildman–Crippen LogP) is 2.03. The third-order valence-electron chi connectivity index (χ3n) is 4.05. The van der Waals surface area contributed by atoms with Gasteiger partial charge in [-0.25, -0.2) is 13.1 Å². The van der Waals surface area contributed by atoms with E-state index in [1.54, 1.807) is 7.05 Å². The zero-order valence-electron chi connectivity index (χ0n) is 14.9. The first-order chi connectivity index (χ1) is 11.8. The van der Waals surface area contributed by atoms with Crippen LogP contribution in [0.2, 0.25) is 0 Å². The lowest BCUT2D eigenvalue weighted by Gasteiger charge is -2.21. The van der Waals surface area contributed by atoms with Crippen LogP contribution in [0.1, 0.15) is 24.3 Å². The number of nitrogens with zero attached hydrogens (tertiary/aromatic N) is 2. The first-order valence-electron chi connectivity index (χ1n) is 8.08. The number of benzene rings is 1. The number of hydrogen-bond acceptors (Lipinski definition) is 4. The molecule has 1 aromatic carbocycles. The average molecular weight is 364 g/mol. The van der Waals surface area contributed by atoms with Gasteiger partial charge in [-0.2, -0.15) is 0 Å².